The molecule has 0 aromatic heterocycles. The van der Waals surface area contributed by atoms with Gasteiger partial charge in [-0.2, -0.15) is 0 Å². The summed E-state index contributed by atoms with van der Waals surface area (Å²) in [5, 5.41) is 0. The van der Waals surface area contributed by atoms with Crippen molar-refractivity contribution >= 4 is 14.4 Å². The van der Waals surface area contributed by atoms with Crippen LogP contribution in [0.4, 0.5) is 4.11 Å². The second-order valence-electron chi connectivity index (χ2n) is 4.06. The fourth-order valence-electron chi connectivity index (χ4n) is 1.12. The second kappa shape index (κ2) is 5.96. The summed E-state index contributed by atoms with van der Waals surface area (Å²) in [6.45, 7) is 8.50. The molecule has 0 aromatic rings. The van der Waals surface area contributed by atoms with E-state index in [0.29, 0.717) is 6.04 Å². The highest BCUT2D eigenvalue weighted by Crippen LogP contribution is 2.16. The van der Waals surface area contributed by atoms with Crippen molar-refractivity contribution in [2.45, 2.75) is 45.0 Å². The van der Waals surface area contributed by atoms with Crippen molar-refractivity contribution in [1.82, 2.24) is 0 Å². The second-order valence-corrected chi connectivity index (χ2v) is 8.00. The van der Waals surface area contributed by atoms with Gasteiger partial charge in [-0.25, -0.2) is 4.79 Å². The summed E-state index contributed by atoms with van der Waals surface area (Å²) in [6.07, 6.45) is 2.50. The molecule has 0 heterocycles. The lowest BCUT2D eigenvalue weighted by atomic mass is 10.2. The zero-order valence-corrected chi connectivity index (χ0v) is 10.2. The third-order valence-corrected chi connectivity index (χ3v) is 3.41. The Morgan fingerprint density at radius 1 is 1.64 bits per heavy atom. The minimum absolute atomic E-state index is 0.142. The van der Waals surface area contributed by atoms with Crippen LogP contribution in [0, 0.1) is 0 Å². The van der Waals surface area contributed by atoms with Crippen LogP contribution in [0.5, 0.6) is 0 Å². The van der Waals surface area contributed by atoms with Crippen molar-refractivity contribution in [3.8, 4) is 0 Å². The molecule has 0 aliphatic rings. The highest BCUT2D eigenvalue weighted by molar-refractivity contribution is 6.70. The molecule has 14 heavy (non-hydrogen) atoms. The molecule has 1 atom stereocenters. The topological polar surface area (TPSA) is 26.3 Å². The third kappa shape index (κ3) is 7.98. The van der Waals surface area contributed by atoms with Crippen molar-refractivity contribution in [3.05, 3.63) is 12.7 Å². The van der Waals surface area contributed by atoms with E-state index < -0.39 is 14.4 Å². The maximum absolute atomic E-state index is 13.2. The predicted octanol–water partition coefficient (Wildman–Crippen LogP) is 3.06. The van der Waals surface area contributed by atoms with Gasteiger partial charge in [0.2, 0.25) is 8.41 Å². The van der Waals surface area contributed by atoms with Crippen molar-refractivity contribution in [2.24, 2.45) is 0 Å². The lowest BCUT2D eigenvalue weighted by Crippen LogP contribution is -2.19. The van der Waals surface area contributed by atoms with Crippen LogP contribution < -0.4 is 0 Å². The molecule has 0 aliphatic heterocycles. The smallest absolute Gasteiger partial charge is 0.330 e. The van der Waals surface area contributed by atoms with Crippen LogP contribution in [-0.2, 0) is 9.53 Å². The van der Waals surface area contributed by atoms with Gasteiger partial charge in [-0.1, -0.05) is 6.58 Å². The van der Waals surface area contributed by atoms with E-state index in [9.17, 15) is 8.90 Å². The van der Waals surface area contributed by atoms with E-state index in [4.69, 9.17) is 4.74 Å². The summed E-state index contributed by atoms with van der Waals surface area (Å²) in [6, 6.07) is 0.628. The molecule has 0 N–H and O–H groups in total. The normalized spacial score (nSPS) is 13.4. The maximum Gasteiger partial charge on any atom is 0.330 e. The van der Waals surface area contributed by atoms with Crippen molar-refractivity contribution in [2.75, 3.05) is 0 Å². The van der Waals surface area contributed by atoms with Crippen LogP contribution in [0.1, 0.15) is 19.8 Å². The Morgan fingerprint density at radius 2 is 2.21 bits per heavy atom. The first-order chi connectivity index (χ1) is 6.35. The molecule has 0 rings (SSSR count). The summed E-state index contributed by atoms with van der Waals surface area (Å²) in [5.41, 5.74) is 0. The van der Waals surface area contributed by atoms with Gasteiger partial charge in [0, 0.05) is 6.08 Å². The zero-order valence-electron chi connectivity index (χ0n) is 9.18. The predicted molar refractivity (Wildman–Crippen MR) is 58.4 cm³/mol. The zero-order chi connectivity index (χ0) is 11.2. The van der Waals surface area contributed by atoms with Crippen LogP contribution >= 0.6 is 0 Å². The molecule has 0 aromatic carbocycles. The first-order valence-corrected chi connectivity index (χ1v) is 7.95. The minimum Gasteiger partial charge on any atom is -0.460 e. The summed E-state index contributed by atoms with van der Waals surface area (Å²) in [5.74, 6) is -0.408. The van der Waals surface area contributed by atoms with Gasteiger partial charge >= 0.3 is 5.97 Å². The summed E-state index contributed by atoms with van der Waals surface area (Å²) in [7, 11) is -2.43. The number of halogens is 1. The van der Waals surface area contributed by atoms with Gasteiger partial charge in [-0.15, -0.1) is 0 Å². The quantitative estimate of drug-likeness (QED) is 0.296. The molecule has 0 spiro atoms. The third-order valence-electron chi connectivity index (χ3n) is 1.87. The Balaban J connectivity index is 3.59. The molecule has 1 unspecified atom stereocenters. The number of ether oxygens (including phenoxy) is 1. The molecule has 0 aliphatic carbocycles. The fraction of sp³-hybridized carbons (Fsp3) is 0.700. The van der Waals surface area contributed by atoms with E-state index in [1.54, 1.807) is 13.1 Å². The van der Waals surface area contributed by atoms with Crippen molar-refractivity contribution in [3.63, 3.8) is 0 Å². The average Bonchev–Trinajstić information content (AvgIpc) is 2.01. The van der Waals surface area contributed by atoms with Crippen molar-refractivity contribution in [1.29, 1.82) is 0 Å². The van der Waals surface area contributed by atoms with Gasteiger partial charge in [-0.05, 0) is 38.9 Å². The van der Waals surface area contributed by atoms with Gasteiger partial charge in [0.1, 0.15) is 0 Å². The highest BCUT2D eigenvalue weighted by Gasteiger charge is 2.20. The summed E-state index contributed by atoms with van der Waals surface area (Å²) >= 11 is 0. The van der Waals surface area contributed by atoms with Crippen LogP contribution in [0.25, 0.3) is 0 Å². The first kappa shape index (κ1) is 13.4. The Labute approximate surface area is 86.3 Å². The molecule has 0 amide bonds. The minimum atomic E-state index is -2.43. The first-order valence-electron chi connectivity index (χ1n) is 4.87. The number of rotatable bonds is 6. The molecule has 0 saturated carbocycles. The molecule has 0 saturated heterocycles. The molecule has 82 valence electrons. The molecular weight excluding hydrogens is 199 g/mol. The highest BCUT2D eigenvalue weighted by atomic mass is 28.4. The number of carbonyl (C=O) groups excluding carboxylic acids is 1. The Morgan fingerprint density at radius 3 is 2.64 bits per heavy atom. The summed E-state index contributed by atoms with van der Waals surface area (Å²) < 4.78 is 18.1. The number of esters is 1. The fourth-order valence-corrected chi connectivity index (χ4v) is 2.16. The van der Waals surface area contributed by atoms with E-state index in [-0.39, 0.29) is 6.10 Å². The summed E-state index contributed by atoms with van der Waals surface area (Å²) in [4.78, 5) is 10.8. The van der Waals surface area contributed by atoms with E-state index in [2.05, 4.69) is 6.58 Å². The molecule has 4 heteroatoms. The number of hydrogen-bond acceptors (Lipinski definition) is 2. The molecule has 0 fully saturated rings. The standard InChI is InChI=1S/C10H19FO2Si/c1-5-10(12)13-9(2)7-6-8-14(3,4)11/h5,9H,1,6-8H2,2-4H3. The lowest BCUT2D eigenvalue weighted by molar-refractivity contribution is -0.142. The van der Waals surface area contributed by atoms with Crippen LogP contribution in [0.15, 0.2) is 12.7 Å². The Kier molecular flexibility index (Phi) is 5.68. The molecular formula is C10H19FO2Si. The maximum atomic E-state index is 13.2. The van der Waals surface area contributed by atoms with E-state index >= 15 is 0 Å². The van der Waals surface area contributed by atoms with Crippen LogP contribution in [0.3, 0.4) is 0 Å². The molecule has 2 nitrogen and oxygen atoms in total. The van der Waals surface area contributed by atoms with Crippen LogP contribution in [-0.4, -0.2) is 20.5 Å². The van der Waals surface area contributed by atoms with Gasteiger partial charge in [0.25, 0.3) is 0 Å². The van der Waals surface area contributed by atoms with Gasteiger partial charge in [0.15, 0.2) is 0 Å². The number of carbonyl (C=O) groups is 1. The number of hydrogen-bond donors (Lipinski definition) is 0. The monoisotopic (exact) mass is 218 g/mol. The Hall–Kier alpha value is -0.643. The van der Waals surface area contributed by atoms with Gasteiger partial charge in [0.05, 0.1) is 6.10 Å². The van der Waals surface area contributed by atoms with Crippen molar-refractivity contribution < 1.29 is 13.6 Å². The SMILES string of the molecule is C=CC(=O)OC(C)CCC[Si](C)(C)F. The largest absolute Gasteiger partial charge is 0.460 e. The van der Waals surface area contributed by atoms with Gasteiger partial charge < -0.3 is 8.84 Å². The Bertz CT molecular complexity index is 199. The molecule has 0 bridgehead atoms. The average molecular weight is 218 g/mol. The van der Waals surface area contributed by atoms with Gasteiger partial charge in [-0.3, -0.25) is 0 Å². The van der Waals surface area contributed by atoms with E-state index in [0.717, 1.165) is 18.9 Å². The van der Waals surface area contributed by atoms with Crippen LogP contribution in [0.2, 0.25) is 19.1 Å². The molecule has 0 radical (unpaired) electrons. The van der Waals surface area contributed by atoms with E-state index in [1.165, 1.54) is 0 Å². The lowest BCUT2D eigenvalue weighted by Gasteiger charge is -2.14. The van der Waals surface area contributed by atoms with E-state index in [1.807, 2.05) is 6.92 Å².